The van der Waals surface area contributed by atoms with Crippen LogP contribution in [0.5, 0.6) is 0 Å². The molecule has 0 saturated carbocycles. The van der Waals surface area contributed by atoms with E-state index in [9.17, 15) is 4.79 Å². The number of hydrogen-bond acceptors (Lipinski definition) is 2. The van der Waals surface area contributed by atoms with Gasteiger partial charge < -0.3 is 0 Å². The SMILES string of the molecule is CC(=O)Sc1cc(Cl)ccc1Cl. The topological polar surface area (TPSA) is 17.1 Å². The number of carbonyl (C=O) groups is 1. The molecule has 4 heteroatoms. The van der Waals surface area contributed by atoms with Gasteiger partial charge in [0.25, 0.3) is 0 Å². The lowest BCUT2D eigenvalue weighted by Crippen LogP contribution is -1.82. The number of carbonyl (C=O) groups excluding carboxylic acids is 1. The molecule has 1 aromatic rings. The molecule has 0 N–H and O–H groups in total. The Morgan fingerprint density at radius 2 is 2.08 bits per heavy atom. The maximum atomic E-state index is 10.7. The predicted molar refractivity (Wildman–Crippen MR) is 53.0 cm³/mol. The minimum Gasteiger partial charge on any atom is -0.287 e. The van der Waals surface area contributed by atoms with E-state index in [1.165, 1.54) is 6.92 Å². The molecule has 0 radical (unpaired) electrons. The Kier molecular flexibility index (Phi) is 3.44. The Morgan fingerprint density at radius 3 is 2.67 bits per heavy atom. The average Bonchev–Trinajstić information content (AvgIpc) is 1.96. The van der Waals surface area contributed by atoms with Crippen LogP contribution in [0.4, 0.5) is 0 Å². The van der Waals surface area contributed by atoms with Gasteiger partial charge in [-0.15, -0.1) is 0 Å². The van der Waals surface area contributed by atoms with Gasteiger partial charge in [0.1, 0.15) is 0 Å². The van der Waals surface area contributed by atoms with Crippen LogP contribution in [-0.4, -0.2) is 5.12 Å². The van der Waals surface area contributed by atoms with Gasteiger partial charge in [0.15, 0.2) is 5.12 Å². The van der Waals surface area contributed by atoms with E-state index >= 15 is 0 Å². The van der Waals surface area contributed by atoms with Crippen molar-refractivity contribution in [3.05, 3.63) is 28.2 Å². The van der Waals surface area contributed by atoms with Gasteiger partial charge >= 0.3 is 0 Å². The van der Waals surface area contributed by atoms with E-state index in [1.807, 2.05) is 0 Å². The third-order valence-corrected chi connectivity index (χ3v) is 2.67. The molecule has 0 saturated heterocycles. The molecule has 1 nitrogen and oxygen atoms in total. The van der Waals surface area contributed by atoms with Crippen molar-refractivity contribution in [2.75, 3.05) is 0 Å². The zero-order valence-corrected chi connectivity index (χ0v) is 8.63. The lowest BCUT2D eigenvalue weighted by molar-refractivity contribution is -0.109. The van der Waals surface area contributed by atoms with E-state index in [0.29, 0.717) is 14.9 Å². The standard InChI is InChI=1S/C8H6Cl2OS/c1-5(11)12-8-4-6(9)2-3-7(8)10/h2-4H,1H3. The van der Waals surface area contributed by atoms with Crippen LogP contribution in [-0.2, 0) is 4.79 Å². The fourth-order valence-electron chi connectivity index (χ4n) is 0.710. The molecule has 0 aliphatic heterocycles. The minimum absolute atomic E-state index is 0.000772. The lowest BCUT2D eigenvalue weighted by Gasteiger charge is -2.00. The van der Waals surface area contributed by atoms with Gasteiger partial charge in [-0.2, -0.15) is 0 Å². The van der Waals surface area contributed by atoms with Gasteiger partial charge in [0, 0.05) is 16.8 Å². The van der Waals surface area contributed by atoms with Gasteiger partial charge in [0.2, 0.25) is 0 Å². The molecule has 1 aromatic carbocycles. The summed E-state index contributed by atoms with van der Waals surface area (Å²) < 4.78 is 0. The van der Waals surface area contributed by atoms with E-state index in [4.69, 9.17) is 23.2 Å². The van der Waals surface area contributed by atoms with Crippen molar-refractivity contribution < 1.29 is 4.79 Å². The molecular formula is C8H6Cl2OS. The Labute approximate surface area is 85.1 Å². The van der Waals surface area contributed by atoms with Gasteiger partial charge in [-0.1, -0.05) is 35.0 Å². The molecule has 0 heterocycles. The number of rotatable bonds is 1. The molecule has 0 aliphatic carbocycles. The summed E-state index contributed by atoms with van der Waals surface area (Å²) in [6, 6.07) is 5.04. The predicted octanol–water partition coefficient (Wildman–Crippen LogP) is 3.63. The third kappa shape index (κ3) is 2.70. The Morgan fingerprint density at radius 1 is 1.42 bits per heavy atom. The van der Waals surface area contributed by atoms with Crippen molar-refractivity contribution >= 4 is 40.1 Å². The summed E-state index contributed by atoms with van der Waals surface area (Å²) in [6.45, 7) is 1.49. The molecule has 64 valence electrons. The highest BCUT2D eigenvalue weighted by atomic mass is 35.5. The van der Waals surface area contributed by atoms with Crippen LogP contribution in [0.25, 0.3) is 0 Å². The average molecular weight is 221 g/mol. The van der Waals surface area contributed by atoms with Gasteiger partial charge in [0.05, 0.1) is 5.02 Å². The fourth-order valence-corrected chi connectivity index (χ4v) is 1.84. The molecule has 1 rings (SSSR count). The smallest absolute Gasteiger partial charge is 0.190 e. The zero-order valence-electron chi connectivity index (χ0n) is 6.30. The molecule has 0 unspecified atom stereocenters. The van der Waals surface area contributed by atoms with Crippen LogP contribution >= 0.6 is 35.0 Å². The number of benzene rings is 1. The fraction of sp³-hybridized carbons (Fsp3) is 0.125. The number of halogens is 2. The first-order valence-electron chi connectivity index (χ1n) is 3.23. The summed E-state index contributed by atoms with van der Waals surface area (Å²) >= 11 is 12.6. The van der Waals surface area contributed by atoms with Crippen LogP contribution in [0.15, 0.2) is 23.1 Å². The highest BCUT2D eigenvalue weighted by Gasteiger charge is 2.04. The molecule has 0 atom stereocenters. The number of thioether (sulfide) groups is 1. The molecule has 0 fully saturated rings. The van der Waals surface area contributed by atoms with Crippen LogP contribution in [0.1, 0.15) is 6.92 Å². The Bertz CT molecular complexity index is 312. The van der Waals surface area contributed by atoms with Crippen molar-refractivity contribution in [2.45, 2.75) is 11.8 Å². The Hall–Kier alpha value is -0.180. The van der Waals surface area contributed by atoms with Crippen LogP contribution < -0.4 is 0 Å². The largest absolute Gasteiger partial charge is 0.287 e. The van der Waals surface area contributed by atoms with Gasteiger partial charge in [-0.05, 0) is 18.2 Å². The third-order valence-electron chi connectivity index (χ3n) is 1.15. The van der Waals surface area contributed by atoms with Crippen molar-refractivity contribution in [1.82, 2.24) is 0 Å². The maximum absolute atomic E-state index is 10.7. The summed E-state index contributed by atoms with van der Waals surface area (Å²) in [5, 5.41) is 1.14. The van der Waals surface area contributed by atoms with Crippen molar-refractivity contribution in [3.63, 3.8) is 0 Å². The summed E-state index contributed by atoms with van der Waals surface area (Å²) in [7, 11) is 0. The second kappa shape index (κ2) is 4.17. The first kappa shape index (κ1) is 9.90. The first-order chi connectivity index (χ1) is 5.59. The van der Waals surface area contributed by atoms with Crippen LogP contribution in [0, 0.1) is 0 Å². The lowest BCUT2D eigenvalue weighted by atomic mass is 10.4. The second-order valence-electron chi connectivity index (χ2n) is 2.17. The van der Waals surface area contributed by atoms with Gasteiger partial charge in [-0.3, -0.25) is 4.79 Å². The molecular weight excluding hydrogens is 215 g/mol. The zero-order chi connectivity index (χ0) is 9.14. The molecule has 0 amide bonds. The minimum atomic E-state index is -0.000772. The summed E-state index contributed by atoms with van der Waals surface area (Å²) in [5.74, 6) is 0. The molecule has 12 heavy (non-hydrogen) atoms. The molecule has 0 aliphatic rings. The molecule has 0 spiro atoms. The Balaban J connectivity index is 2.97. The van der Waals surface area contributed by atoms with Crippen molar-refractivity contribution in [2.24, 2.45) is 0 Å². The first-order valence-corrected chi connectivity index (χ1v) is 4.80. The molecule has 0 aromatic heterocycles. The van der Waals surface area contributed by atoms with E-state index in [-0.39, 0.29) is 5.12 Å². The summed E-state index contributed by atoms with van der Waals surface area (Å²) in [4.78, 5) is 11.4. The van der Waals surface area contributed by atoms with Crippen molar-refractivity contribution in [3.8, 4) is 0 Å². The van der Waals surface area contributed by atoms with E-state index in [0.717, 1.165) is 11.8 Å². The number of hydrogen-bond donors (Lipinski definition) is 0. The van der Waals surface area contributed by atoms with E-state index in [1.54, 1.807) is 18.2 Å². The monoisotopic (exact) mass is 220 g/mol. The summed E-state index contributed by atoms with van der Waals surface area (Å²) in [5.41, 5.74) is 0. The van der Waals surface area contributed by atoms with E-state index < -0.39 is 0 Å². The van der Waals surface area contributed by atoms with Gasteiger partial charge in [-0.25, -0.2) is 0 Å². The maximum Gasteiger partial charge on any atom is 0.190 e. The normalized spacial score (nSPS) is 9.92. The second-order valence-corrected chi connectivity index (χ2v) is 4.23. The molecule has 0 bridgehead atoms. The van der Waals surface area contributed by atoms with E-state index in [2.05, 4.69) is 0 Å². The highest BCUT2D eigenvalue weighted by molar-refractivity contribution is 8.13. The van der Waals surface area contributed by atoms with Crippen molar-refractivity contribution in [1.29, 1.82) is 0 Å². The van der Waals surface area contributed by atoms with Crippen LogP contribution in [0.3, 0.4) is 0 Å². The highest BCUT2D eigenvalue weighted by Crippen LogP contribution is 2.29. The van der Waals surface area contributed by atoms with Crippen LogP contribution in [0.2, 0.25) is 10.0 Å². The quantitative estimate of drug-likeness (QED) is 0.673. The summed E-state index contributed by atoms with van der Waals surface area (Å²) in [6.07, 6.45) is 0.